The van der Waals surface area contributed by atoms with Crippen molar-refractivity contribution in [1.82, 2.24) is 24.4 Å². The van der Waals surface area contributed by atoms with E-state index in [0.29, 0.717) is 33.9 Å². The van der Waals surface area contributed by atoms with Crippen LogP contribution in [0, 0.1) is 0 Å². The molecule has 0 atom stereocenters. The van der Waals surface area contributed by atoms with Gasteiger partial charge < -0.3 is 15.2 Å². The number of aromatic nitrogens is 5. The fourth-order valence-electron chi connectivity index (χ4n) is 3.63. The van der Waals surface area contributed by atoms with Crippen molar-refractivity contribution in [3.05, 3.63) is 60.2 Å². The van der Waals surface area contributed by atoms with E-state index < -0.39 is 17.2 Å². The molecule has 0 bridgehead atoms. The Labute approximate surface area is 196 Å². The summed E-state index contributed by atoms with van der Waals surface area (Å²) in [6.07, 6.45) is 6.33. The highest BCUT2D eigenvalue weighted by molar-refractivity contribution is 6.09. The number of nitrogens with zero attached hydrogens (tertiary/aromatic N) is 5. The van der Waals surface area contributed by atoms with Gasteiger partial charge in [-0.3, -0.25) is 9.48 Å². The van der Waals surface area contributed by atoms with Gasteiger partial charge in [0, 0.05) is 24.2 Å². The van der Waals surface area contributed by atoms with Crippen molar-refractivity contribution in [1.29, 1.82) is 0 Å². The van der Waals surface area contributed by atoms with Crippen LogP contribution in [0.4, 0.5) is 10.1 Å². The minimum atomic E-state index is -1.59. The summed E-state index contributed by atoms with van der Waals surface area (Å²) in [5.74, 6) is 0.0355. The van der Waals surface area contributed by atoms with E-state index in [0.717, 1.165) is 0 Å². The molecule has 0 fully saturated rings. The molecule has 1 aromatic carbocycles. The summed E-state index contributed by atoms with van der Waals surface area (Å²) in [7, 11) is 1.51. The highest BCUT2D eigenvalue weighted by Crippen LogP contribution is 2.38. The quantitative estimate of drug-likeness (QED) is 0.429. The number of hydrogen-bond acceptors (Lipinski definition) is 6. The van der Waals surface area contributed by atoms with E-state index in [9.17, 15) is 14.3 Å². The number of fused-ring (bicyclic) bond motifs is 1. The Morgan fingerprint density at radius 2 is 2.03 bits per heavy atom. The summed E-state index contributed by atoms with van der Waals surface area (Å²) in [5, 5.41) is 21.9. The van der Waals surface area contributed by atoms with Crippen LogP contribution in [0.2, 0.25) is 0 Å². The number of benzene rings is 1. The minimum Gasteiger partial charge on any atom is -0.496 e. The van der Waals surface area contributed by atoms with Crippen molar-refractivity contribution in [2.45, 2.75) is 45.5 Å². The van der Waals surface area contributed by atoms with Gasteiger partial charge in [-0.1, -0.05) is 6.07 Å². The number of hydrogen-bond donors (Lipinski definition) is 2. The molecule has 0 aliphatic heterocycles. The Bertz CT molecular complexity index is 1350. The first kappa shape index (κ1) is 23.4. The molecule has 3 heterocycles. The number of alkyl halides is 1. The maximum absolute atomic E-state index is 14.7. The first-order valence-corrected chi connectivity index (χ1v) is 10.7. The Kier molecular flexibility index (Phi) is 5.86. The molecular weight excluding hydrogens is 439 g/mol. The van der Waals surface area contributed by atoms with Gasteiger partial charge in [0.2, 0.25) is 0 Å². The standard InChI is InChI=1S/C24H27FN6O3/c1-23(2,33)14-30-13-18(28-22(32)17-12-27-31-10-6-9-26-21(17)31)20(29-30)16-11-15(24(3,4)25)7-8-19(16)34-5/h6-13,33H,14H2,1-5H3,(H,28,32). The summed E-state index contributed by atoms with van der Waals surface area (Å²) in [6.45, 7) is 6.41. The third kappa shape index (κ3) is 4.76. The van der Waals surface area contributed by atoms with E-state index in [1.165, 1.54) is 36.4 Å². The second kappa shape index (κ2) is 8.53. The smallest absolute Gasteiger partial charge is 0.261 e. The highest BCUT2D eigenvalue weighted by atomic mass is 19.1. The zero-order valence-electron chi connectivity index (χ0n) is 19.7. The Morgan fingerprint density at radius 3 is 2.71 bits per heavy atom. The second-order valence-electron chi connectivity index (χ2n) is 9.19. The summed E-state index contributed by atoms with van der Waals surface area (Å²) in [5.41, 5.74) is -0.261. The van der Waals surface area contributed by atoms with Gasteiger partial charge >= 0.3 is 0 Å². The van der Waals surface area contributed by atoms with Crippen LogP contribution in [-0.2, 0) is 12.2 Å². The van der Waals surface area contributed by atoms with Crippen LogP contribution in [0.5, 0.6) is 5.75 Å². The molecule has 0 aliphatic rings. The molecule has 4 aromatic rings. The largest absolute Gasteiger partial charge is 0.496 e. The molecule has 0 saturated heterocycles. The number of aliphatic hydroxyl groups is 1. The van der Waals surface area contributed by atoms with Crippen molar-refractivity contribution in [2.75, 3.05) is 12.4 Å². The fraction of sp³-hybridized carbons (Fsp3) is 0.333. The average Bonchev–Trinajstić information content (AvgIpc) is 3.35. The lowest BCUT2D eigenvalue weighted by Crippen LogP contribution is -2.26. The molecule has 0 unspecified atom stereocenters. The molecule has 4 rings (SSSR count). The van der Waals surface area contributed by atoms with Gasteiger partial charge in [0.1, 0.15) is 22.7 Å². The zero-order chi connectivity index (χ0) is 24.7. The maximum atomic E-state index is 14.7. The van der Waals surface area contributed by atoms with E-state index in [1.54, 1.807) is 56.7 Å². The molecule has 3 aromatic heterocycles. The summed E-state index contributed by atoms with van der Waals surface area (Å²) in [6, 6.07) is 6.69. The molecule has 178 valence electrons. The van der Waals surface area contributed by atoms with Gasteiger partial charge in [0.05, 0.1) is 31.1 Å². The molecule has 0 radical (unpaired) electrons. The van der Waals surface area contributed by atoms with Crippen LogP contribution in [0.25, 0.3) is 16.9 Å². The third-order valence-electron chi connectivity index (χ3n) is 5.22. The monoisotopic (exact) mass is 466 g/mol. The number of halogens is 1. The van der Waals surface area contributed by atoms with Crippen molar-refractivity contribution in [2.24, 2.45) is 0 Å². The van der Waals surface area contributed by atoms with Gasteiger partial charge in [0.25, 0.3) is 5.91 Å². The number of amides is 1. The van der Waals surface area contributed by atoms with Gasteiger partial charge in [0.15, 0.2) is 5.65 Å². The number of anilines is 1. The van der Waals surface area contributed by atoms with Crippen molar-refractivity contribution in [3.63, 3.8) is 0 Å². The number of nitrogens with one attached hydrogen (secondary N) is 1. The first-order chi connectivity index (χ1) is 16.0. The third-order valence-corrected chi connectivity index (χ3v) is 5.22. The van der Waals surface area contributed by atoms with E-state index in [-0.39, 0.29) is 12.1 Å². The minimum absolute atomic E-state index is 0.171. The molecule has 0 spiro atoms. The molecule has 10 heteroatoms. The fourth-order valence-corrected chi connectivity index (χ4v) is 3.63. The number of ether oxygens (including phenoxy) is 1. The van der Waals surface area contributed by atoms with Gasteiger partial charge in [-0.25, -0.2) is 13.9 Å². The molecule has 34 heavy (non-hydrogen) atoms. The van der Waals surface area contributed by atoms with Crippen LogP contribution < -0.4 is 10.1 Å². The van der Waals surface area contributed by atoms with E-state index in [4.69, 9.17) is 4.74 Å². The zero-order valence-corrected chi connectivity index (χ0v) is 19.7. The molecular formula is C24H27FN6O3. The van der Waals surface area contributed by atoms with E-state index >= 15 is 0 Å². The topological polar surface area (TPSA) is 107 Å². The number of carbonyl (C=O) groups is 1. The highest BCUT2D eigenvalue weighted by Gasteiger charge is 2.25. The second-order valence-corrected chi connectivity index (χ2v) is 9.19. The van der Waals surface area contributed by atoms with Crippen molar-refractivity contribution < 1.29 is 19.0 Å². The lowest BCUT2D eigenvalue weighted by molar-refractivity contribution is 0.0578. The number of carbonyl (C=O) groups excluding carboxylic acids is 1. The normalized spacial score (nSPS) is 12.2. The summed E-state index contributed by atoms with van der Waals surface area (Å²) >= 11 is 0. The predicted octanol–water partition coefficient (Wildman–Crippen LogP) is 3.83. The van der Waals surface area contributed by atoms with Crippen LogP contribution in [0.3, 0.4) is 0 Å². The number of rotatable bonds is 7. The molecule has 0 aliphatic carbocycles. The lowest BCUT2D eigenvalue weighted by Gasteiger charge is -2.18. The number of methoxy groups -OCH3 is 1. The Morgan fingerprint density at radius 1 is 1.26 bits per heavy atom. The van der Waals surface area contributed by atoms with Crippen LogP contribution in [-0.4, -0.2) is 48.1 Å². The van der Waals surface area contributed by atoms with Gasteiger partial charge in [-0.15, -0.1) is 0 Å². The average molecular weight is 467 g/mol. The summed E-state index contributed by atoms with van der Waals surface area (Å²) in [4.78, 5) is 17.4. The SMILES string of the molecule is COc1ccc(C(C)(C)F)cc1-c1nn(CC(C)(C)O)cc1NC(=O)c1cnn2cccnc12. The molecule has 2 N–H and O–H groups in total. The van der Waals surface area contributed by atoms with Gasteiger partial charge in [-0.2, -0.15) is 10.2 Å². The summed E-state index contributed by atoms with van der Waals surface area (Å²) < 4.78 is 23.3. The first-order valence-electron chi connectivity index (χ1n) is 10.7. The van der Waals surface area contributed by atoms with Crippen LogP contribution in [0.15, 0.2) is 49.1 Å². The molecule has 1 amide bonds. The van der Waals surface area contributed by atoms with Crippen molar-refractivity contribution >= 4 is 17.2 Å². The van der Waals surface area contributed by atoms with E-state index in [1.807, 2.05) is 0 Å². The Hall–Kier alpha value is -3.79. The lowest BCUT2D eigenvalue weighted by atomic mass is 9.96. The van der Waals surface area contributed by atoms with Crippen LogP contribution in [0.1, 0.15) is 43.6 Å². The van der Waals surface area contributed by atoms with E-state index in [2.05, 4.69) is 20.5 Å². The molecule has 0 saturated carbocycles. The molecule has 9 nitrogen and oxygen atoms in total. The predicted molar refractivity (Wildman–Crippen MR) is 126 cm³/mol. The van der Waals surface area contributed by atoms with Gasteiger partial charge in [-0.05, 0) is 51.5 Å². The van der Waals surface area contributed by atoms with Crippen LogP contribution >= 0.6 is 0 Å². The Balaban J connectivity index is 1.81. The van der Waals surface area contributed by atoms with Crippen molar-refractivity contribution in [3.8, 4) is 17.0 Å². The maximum Gasteiger partial charge on any atom is 0.261 e.